The normalized spacial score (nSPS) is 11.8. The number of nitrogens with one attached hydrogen (secondary N) is 1. The van der Waals surface area contributed by atoms with Gasteiger partial charge >= 0.3 is 0 Å². The third kappa shape index (κ3) is 5.76. The van der Waals surface area contributed by atoms with Crippen molar-refractivity contribution in [1.29, 1.82) is 5.26 Å². The molecule has 0 saturated carbocycles. The molecule has 6 heteroatoms. The first kappa shape index (κ1) is 24.2. The monoisotopic (exact) mass is 466 g/mol. The number of ether oxygens (including phenoxy) is 1. The minimum absolute atomic E-state index is 0.149. The minimum atomic E-state index is -0.149. The van der Waals surface area contributed by atoms with Crippen molar-refractivity contribution in [2.24, 2.45) is 0 Å². The van der Waals surface area contributed by atoms with Crippen LogP contribution in [0.5, 0.6) is 11.5 Å². The van der Waals surface area contributed by atoms with Crippen LogP contribution in [0.4, 0.5) is 0 Å². The minimum Gasteiger partial charge on any atom is -0.456 e. The highest BCUT2D eigenvalue weighted by molar-refractivity contribution is 5.86. The van der Waals surface area contributed by atoms with Gasteiger partial charge in [-0.05, 0) is 66.4 Å². The molecule has 0 aliphatic rings. The van der Waals surface area contributed by atoms with Crippen LogP contribution in [0.2, 0.25) is 0 Å². The molecule has 1 unspecified atom stereocenters. The number of aromatic nitrogens is 2. The fraction of sp³-hybridized carbons (Fsp3) is 0.276. The number of rotatable bonds is 10. The van der Waals surface area contributed by atoms with Crippen LogP contribution < -0.4 is 10.1 Å². The lowest BCUT2D eigenvalue weighted by Gasteiger charge is -2.16. The van der Waals surface area contributed by atoms with Gasteiger partial charge < -0.3 is 14.6 Å². The van der Waals surface area contributed by atoms with Crippen molar-refractivity contribution in [3.05, 3.63) is 89.5 Å². The highest BCUT2D eigenvalue weighted by Crippen LogP contribution is 2.30. The molecule has 4 rings (SSSR count). The Morgan fingerprint density at radius 3 is 2.83 bits per heavy atom. The molecule has 0 radical (unpaired) electrons. The van der Waals surface area contributed by atoms with E-state index in [2.05, 4.69) is 42.4 Å². The Morgan fingerprint density at radius 2 is 2.06 bits per heavy atom. The summed E-state index contributed by atoms with van der Waals surface area (Å²) >= 11 is 0. The Morgan fingerprint density at radius 1 is 1.20 bits per heavy atom. The summed E-state index contributed by atoms with van der Waals surface area (Å²) < 4.78 is 8.23. The van der Waals surface area contributed by atoms with Gasteiger partial charge in [0.05, 0.1) is 23.6 Å². The van der Waals surface area contributed by atoms with Crippen LogP contribution in [0.15, 0.2) is 67.1 Å². The summed E-state index contributed by atoms with van der Waals surface area (Å²) in [6.45, 7) is 6.91. The van der Waals surface area contributed by atoms with Gasteiger partial charge in [-0.25, -0.2) is 4.98 Å². The number of Topliss-reactive ketones (excluding diaryl/α,β-unsaturated/α-hetero) is 1. The summed E-state index contributed by atoms with van der Waals surface area (Å²) in [5.41, 5.74) is 3.64. The average molecular weight is 467 g/mol. The van der Waals surface area contributed by atoms with E-state index in [0.717, 1.165) is 34.9 Å². The Hall–Kier alpha value is -3.95. The first-order valence-electron chi connectivity index (χ1n) is 11.9. The zero-order chi connectivity index (χ0) is 24.8. The van der Waals surface area contributed by atoms with Gasteiger partial charge in [-0.3, -0.25) is 4.79 Å². The number of carbonyl (C=O) groups excluding carboxylic acids is 1. The van der Waals surface area contributed by atoms with Crippen LogP contribution in [0, 0.1) is 18.3 Å². The lowest BCUT2D eigenvalue weighted by molar-refractivity contribution is -0.119. The van der Waals surface area contributed by atoms with E-state index in [-0.39, 0.29) is 11.8 Å². The number of hydrogen-bond acceptors (Lipinski definition) is 5. The zero-order valence-corrected chi connectivity index (χ0v) is 20.4. The molecule has 1 atom stereocenters. The van der Waals surface area contributed by atoms with Crippen LogP contribution in [0.1, 0.15) is 49.1 Å². The van der Waals surface area contributed by atoms with Crippen molar-refractivity contribution >= 4 is 16.6 Å². The van der Waals surface area contributed by atoms with Crippen LogP contribution in [-0.2, 0) is 17.9 Å². The predicted octanol–water partition coefficient (Wildman–Crippen LogP) is 5.90. The van der Waals surface area contributed by atoms with Gasteiger partial charge in [-0.2, -0.15) is 5.26 Å². The van der Waals surface area contributed by atoms with Gasteiger partial charge in [-0.15, -0.1) is 0 Å². The van der Waals surface area contributed by atoms with E-state index >= 15 is 0 Å². The van der Waals surface area contributed by atoms with Crippen LogP contribution in [0.3, 0.4) is 0 Å². The molecule has 6 nitrogen and oxygen atoms in total. The van der Waals surface area contributed by atoms with E-state index < -0.39 is 0 Å². The molecule has 4 aromatic rings. The number of imidazole rings is 1. The largest absolute Gasteiger partial charge is 0.456 e. The molecular weight excluding hydrogens is 436 g/mol. The van der Waals surface area contributed by atoms with Crippen LogP contribution in [0.25, 0.3) is 10.8 Å². The number of benzene rings is 3. The molecule has 35 heavy (non-hydrogen) atoms. The number of aryl methyl sites for hydroxylation is 1. The van der Waals surface area contributed by atoms with Crippen molar-refractivity contribution in [2.45, 2.75) is 52.7 Å². The maximum Gasteiger partial charge on any atom is 0.146 e. The third-order valence-electron chi connectivity index (χ3n) is 6.21. The van der Waals surface area contributed by atoms with E-state index in [4.69, 9.17) is 4.74 Å². The standard InChI is InChI=1S/C29H30N4O2/c1-4-6-28(21(3)34)32-17-25-16-31-19-33(25)18-22-9-10-24(15-30)29(13-22)35-26-12-11-23-8-5-7-20(2)27(23)14-26/h5,7-14,16,19,28,32H,4,6,17-18H2,1-3H3. The van der Waals surface area contributed by atoms with E-state index in [9.17, 15) is 10.1 Å². The summed E-state index contributed by atoms with van der Waals surface area (Å²) in [7, 11) is 0. The Labute approximate surface area is 206 Å². The molecule has 1 aromatic heterocycles. The Bertz CT molecular complexity index is 1380. The average Bonchev–Trinajstić information content (AvgIpc) is 3.29. The van der Waals surface area contributed by atoms with Crippen molar-refractivity contribution < 1.29 is 9.53 Å². The lowest BCUT2D eigenvalue weighted by atomic mass is 10.1. The molecule has 178 valence electrons. The van der Waals surface area contributed by atoms with Gasteiger partial charge in [0, 0.05) is 19.3 Å². The van der Waals surface area contributed by atoms with Crippen molar-refractivity contribution in [1.82, 2.24) is 14.9 Å². The quantitative estimate of drug-likeness (QED) is 0.315. The van der Waals surface area contributed by atoms with Gasteiger partial charge in [-0.1, -0.05) is 43.7 Å². The maximum atomic E-state index is 11.9. The number of carbonyl (C=O) groups is 1. The predicted molar refractivity (Wildman–Crippen MR) is 137 cm³/mol. The molecule has 1 heterocycles. The molecule has 0 fully saturated rings. The van der Waals surface area contributed by atoms with Crippen molar-refractivity contribution in [2.75, 3.05) is 0 Å². The van der Waals surface area contributed by atoms with E-state index in [1.807, 2.05) is 47.2 Å². The molecule has 3 aromatic carbocycles. The van der Waals surface area contributed by atoms with E-state index in [1.165, 1.54) is 5.56 Å². The summed E-state index contributed by atoms with van der Waals surface area (Å²) in [6.07, 6.45) is 5.36. The number of nitrogens with zero attached hydrogens (tertiary/aromatic N) is 3. The smallest absolute Gasteiger partial charge is 0.146 e. The molecule has 1 N–H and O–H groups in total. The molecule has 0 saturated heterocycles. The highest BCUT2D eigenvalue weighted by atomic mass is 16.5. The lowest BCUT2D eigenvalue weighted by Crippen LogP contribution is -2.35. The van der Waals surface area contributed by atoms with Crippen LogP contribution in [-0.4, -0.2) is 21.4 Å². The van der Waals surface area contributed by atoms with E-state index in [1.54, 1.807) is 19.3 Å². The maximum absolute atomic E-state index is 11.9. The second-order valence-corrected chi connectivity index (χ2v) is 8.85. The number of hydrogen-bond donors (Lipinski definition) is 1. The summed E-state index contributed by atoms with van der Waals surface area (Å²) in [5, 5.41) is 15.3. The fourth-order valence-corrected chi connectivity index (χ4v) is 4.24. The summed E-state index contributed by atoms with van der Waals surface area (Å²) in [5.74, 6) is 1.37. The van der Waals surface area contributed by atoms with Gasteiger partial charge in [0.15, 0.2) is 0 Å². The van der Waals surface area contributed by atoms with Crippen molar-refractivity contribution in [3.8, 4) is 17.6 Å². The molecule has 0 amide bonds. The first-order chi connectivity index (χ1) is 17.0. The number of nitriles is 1. The van der Waals surface area contributed by atoms with Gasteiger partial charge in [0.25, 0.3) is 0 Å². The van der Waals surface area contributed by atoms with Crippen molar-refractivity contribution in [3.63, 3.8) is 0 Å². The molecular formula is C29H30N4O2. The highest BCUT2D eigenvalue weighted by Gasteiger charge is 2.14. The van der Waals surface area contributed by atoms with E-state index in [0.29, 0.717) is 30.2 Å². The fourth-order valence-electron chi connectivity index (χ4n) is 4.24. The topological polar surface area (TPSA) is 79.9 Å². The molecule has 0 aliphatic heterocycles. The SMILES string of the molecule is CCCC(NCc1cncn1Cc1ccc(C#N)c(Oc2ccc3cccc(C)c3c2)c1)C(C)=O. The molecule has 0 bridgehead atoms. The Balaban J connectivity index is 1.53. The second-order valence-electron chi connectivity index (χ2n) is 8.85. The van der Waals surface area contributed by atoms with Crippen LogP contribution >= 0.6 is 0 Å². The Kier molecular flexibility index (Phi) is 7.59. The zero-order valence-electron chi connectivity index (χ0n) is 20.4. The first-order valence-corrected chi connectivity index (χ1v) is 11.9. The number of fused-ring (bicyclic) bond motifs is 1. The van der Waals surface area contributed by atoms with Gasteiger partial charge in [0.1, 0.15) is 23.4 Å². The summed E-state index contributed by atoms with van der Waals surface area (Å²) in [6, 6.07) is 19.9. The number of ketones is 1. The third-order valence-corrected chi connectivity index (χ3v) is 6.21. The molecule has 0 aliphatic carbocycles. The second kappa shape index (κ2) is 11.0. The van der Waals surface area contributed by atoms with Gasteiger partial charge in [0.2, 0.25) is 0 Å². The summed E-state index contributed by atoms with van der Waals surface area (Å²) in [4.78, 5) is 16.2. The molecule has 0 spiro atoms.